The number of anilines is 2. The third-order valence-electron chi connectivity index (χ3n) is 2.73. The molecule has 2 aromatic rings. The van der Waals surface area contributed by atoms with Crippen LogP contribution in [0.5, 0.6) is 0 Å². The Hall–Kier alpha value is -1.70. The van der Waals surface area contributed by atoms with Crippen LogP contribution in [0.4, 0.5) is 11.6 Å². The molecule has 3 N–H and O–H groups in total. The smallest absolute Gasteiger partial charge is 0.158 e. The van der Waals surface area contributed by atoms with Gasteiger partial charge in [0.05, 0.1) is 0 Å². The second-order valence-corrected chi connectivity index (χ2v) is 5.08. The standard InChI is InChI=1S/C13H19N5OS/c1-3-19-8-12-15-11(17-14)6-13(16-12)18(2)7-10-4-5-20-9-10/h4-6,9H,3,7-8,14H2,1-2H3,(H,15,16,17). The Kier molecular flexibility index (Phi) is 5.28. The Labute approximate surface area is 122 Å². The summed E-state index contributed by atoms with van der Waals surface area (Å²) in [6.07, 6.45) is 0. The molecule has 0 saturated carbocycles. The van der Waals surface area contributed by atoms with Gasteiger partial charge < -0.3 is 15.1 Å². The maximum atomic E-state index is 5.45. The Morgan fingerprint density at radius 1 is 1.45 bits per heavy atom. The molecule has 0 aliphatic heterocycles. The van der Waals surface area contributed by atoms with Crippen LogP contribution in [-0.4, -0.2) is 23.6 Å². The molecular weight excluding hydrogens is 274 g/mol. The Bertz CT molecular complexity index is 532. The normalized spacial score (nSPS) is 10.6. The molecule has 2 aromatic heterocycles. The van der Waals surface area contributed by atoms with Crippen LogP contribution in [0.15, 0.2) is 22.9 Å². The second kappa shape index (κ2) is 7.18. The van der Waals surface area contributed by atoms with E-state index in [0.29, 0.717) is 24.9 Å². The van der Waals surface area contributed by atoms with E-state index in [0.717, 1.165) is 12.4 Å². The number of nitrogens with one attached hydrogen (secondary N) is 1. The van der Waals surface area contributed by atoms with Crippen LogP contribution < -0.4 is 16.2 Å². The molecule has 7 heteroatoms. The predicted molar refractivity (Wildman–Crippen MR) is 81.6 cm³/mol. The average Bonchev–Trinajstić information content (AvgIpc) is 2.97. The SMILES string of the molecule is CCOCc1nc(NN)cc(N(C)Cc2ccsc2)n1. The first-order valence-electron chi connectivity index (χ1n) is 6.37. The first kappa shape index (κ1) is 14.7. The van der Waals surface area contributed by atoms with Crippen molar-refractivity contribution in [3.05, 3.63) is 34.3 Å². The molecular formula is C13H19N5OS. The Balaban J connectivity index is 2.16. The fourth-order valence-electron chi connectivity index (χ4n) is 1.75. The van der Waals surface area contributed by atoms with Crippen molar-refractivity contribution in [2.45, 2.75) is 20.1 Å². The molecule has 2 heterocycles. The van der Waals surface area contributed by atoms with Gasteiger partial charge in [0.15, 0.2) is 5.82 Å². The minimum absolute atomic E-state index is 0.380. The van der Waals surface area contributed by atoms with Crippen molar-refractivity contribution in [2.75, 3.05) is 24.0 Å². The average molecular weight is 293 g/mol. The minimum atomic E-state index is 0.380. The molecule has 6 nitrogen and oxygen atoms in total. The van der Waals surface area contributed by atoms with Gasteiger partial charge in [-0.15, -0.1) is 0 Å². The molecule has 0 aliphatic carbocycles. The van der Waals surface area contributed by atoms with E-state index in [2.05, 4.69) is 37.1 Å². The van der Waals surface area contributed by atoms with Crippen LogP contribution in [0.3, 0.4) is 0 Å². The van der Waals surface area contributed by atoms with Crippen LogP contribution in [0, 0.1) is 0 Å². The lowest BCUT2D eigenvalue weighted by Gasteiger charge is -2.19. The summed E-state index contributed by atoms with van der Waals surface area (Å²) in [6, 6.07) is 3.92. The number of hydrazine groups is 1. The summed E-state index contributed by atoms with van der Waals surface area (Å²) in [5.74, 6) is 7.47. The van der Waals surface area contributed by atoms with E-state index in [1.165, 1.54) is 5.56 Å². The summed E-state index contributed by atoms with van der Waals surface area (Å²) in [4.78, 5) is 10.8. The summed E-state index contributed by atoms with van der Waals surface area (Å²) >= 11 is 1.69. The molecule has 20 heavy (non-hydrogen) atoms. The highest BCUT2D eigenvalue weighted by atomic mass is 32.1. The van der Waals surface area contributed by atoms with E-state index in [4.69, 9.17) is 10.6 Å². The van der Waals surface area contributed by atoms with Crippen LogP contribution in [0.2, 0.25) is 0 Å². The monoisotopic (exact) mass is 293 g/mol. The van der Waals surface area contributed by atoms with Crippen LogP contribution >= 0.6 is 11.3 Å². The van der Waals surface area contributed by atoms with E-state index in [-0.39, 0.29) is 0 Å². The third-order valence-corrected chi connectivity index (χ3v) is 3.47. The molecule has 0 radical (unpaired) electrons. The van der Waals surface area contributed by atoms with Crippen molar-refractivity contribution in [3.63, 3.8) is 0 Å². The topological polar surface area (TPSA) is 76.3 Å². The maximum Gasteiger partial charge on any atom is 0.158 e. The van der Waals surface area contributed by atoms with Gasteiger partial charge in [-0.25, -0.2) is 15.8 Å². The van der Waals surface area contributed by atoms with Gasteiger partial charge in [0, 0.05) is 26.3 Å². The Morgan fingerprint density at radius 2 is 2.30 bits per heavy atom. The summed E-state index contributed by atoms with van der Waals surface area (Å²) in [7, 11) is 1.99. The second-order valence-electron chi connectivity index (χ2n) is 4.30. The molecule has 0 bridgehead atoms. The van der Waals surface area contributed by atoms with Gasteiger partial charge in [0.1, 0.15) is 18.2 Å². The number of rotatable bonds is 7. The third kappa shape index (κ3) is 3.89. The van der Waals surface area contributed by atoms with E-state index in [9.17, 15) is 0 Å². The maximum absolute atomic E-state index is 5.45. The number of nitrogens with two attached hydrogens (primary N) is 1. The van der Waals surface area contributed by atoms with Gasteiger partial charge in [0.2, 0.25) is 0 Å². The van der Waals surface area contributed by atoms with Gasteiger partial charge in [0.25, 0.3) is 0 Å². The fraction of sp³-hybridized carbons (Fsp3) is 0.385. The fourth-order valence-corrected chi connectivity index (χ4v) is 2.41. The van der Waals surface area contributed by atoms with Crippen molar-refractivity contribution in [2.24, 2.45) is 5.84 Å². The summed E-state index contributed by atoms with van der Waals surface area (Å²) < 4.78 is 5.35. The molecule has 0 fully saturated rings. The van der Waals surface area contributed by atoms with E-state index in [1.54, 1.807) is 11.3 Å². The van der Waals surface area contributed by atoms with Gasteiger partial charge in [-0.3, -0.25) is 0 Å². The first-order valence-corrected chi connectivity index (χ1v) is 7.31. The number of thiophene rings is 1. The van der Waals surface area contributed by atoms with E-state index in [1.807, 2.05) is 20.0 Å². The first-order chi connectivity index (χ1) is 9.72. The highest BCUT2D eigenvalue weighted by molar-refractivity contribution is 7.07. The molecule has 0 aliphatic rings. The van der Waals surface area contributed by atoms with Crippen molar-refractivity contribution in [1.82, 2.24) is 9.97 Å². The lowest BCUT2D eigenvalue weighted by Crippen LogP contribution is -2.20. The molecule has 0 atom stereocenters. The lowest BCUT2D eigenvalue weighted by atomic mass is 10.3. The highest BCUT2D eigenvalue weighted by Gasteiger charge is 2.09. The minimum Gasteiger partial charge on any atom is -0.374 e. The highest BCUT2D eigenvalue weighted by Crippen LogP contribution is 2.18. The number of hydrogen-bond acceptors (Lipinski definition) is 7. The predicted octanol–water partition coefficient (Wildman–Crippen LogP) is 2.00. The zero-order valence-corrected chi connectivity index (χ0v) is 12.5. The number of nitrogen functional groups attached to an aromatic ring is 1. The van der Waals surface area contributed by atoms with Crippen molar-refractivity contribution in [3.8, 4) is 0 Å². The molecule has 0 unspecified atom stereocenters. The van der Waals surface area contributed by atoms with Crippen LogP contribution in [0.25, 0.3) is 0 Å². The van der Waals surface area contributed by atoms with E-state index >= 15 is 0 Å². The lowest BCUT2D eigenvalue weighted by molar-refractivity contribution is 0.128. The number of ether oxygens (including phenoxy) is 1. The van der Waals surface area contributed by atoms with Gasteiger partial charge in [-0.1, -0.05) is 0 Å². The van der Waals surface area contributed by atoms with Crippen molar-refractivity contribution < 1.29 is 4.74 Å². The number of aromatic nitrogens is 2. The molecule has 108 valence electrons. The Morgan fingerprint density at radius 3 is 2.95 bits per heavy atom. The summed E-state index contributed by atoms with van der Waals surface area (Å²) in [5, 5.41) is 4.19. The molecule has 2 rings (SSSR count). The zero-order valence-electron chi connectivity index (χ0n) is 11.7. The van der Waals surface area contributed by atoms with Crippen molar-refractivity contribution >= 4 is 23.0 Å². The number of hydrogen-bond donors (Lipinski definition) is 2. The van der Waals surface area contributed by atoms with Crippen LogP contribution in [0.1, 0.15) is 18.3 Å². The summed E-state index contributed by atoms with van der Waals surface area (Å²) in [5.41, 5.74) is 3.82. The number of nitrogens with zero attached hydrogens (tertiary/aromatic N) is 3. The van der Waals surface area contributed by atoms with Gasteiger partial charge in [-0.05, 0) is 29.3 Å². The summed E-state index contributed by atoms with van der Waals surface area (Å²) in [6.45, 7) is 3.74. The largest absolute Gasteiger partial charge is 0.374 e. The quantitative estimate of drug-likeness (QED) is 0.600. The van der Waals surface area contributed by atoms with Crippen molar-refractivity contribution in [1.29, 1.82) is 0 Å². The van der Waals surface area contributed by atoms with Gasteiger partial charge >= 0.3 is 0 Å². The molecule has 0 saturated heterocycles. The van der Waals surface area contributed by atoms with E-state index < -0.39 is 0 Å². The van der Waals surface area contributed by atoms with Gasteiger partial charge in [-0.2, -0.15) is 11.3 Å². The zero-order chi connectivity index (χ0) is 14.4. The molecule has 0 amide bonds. The van der Waals surface area contributed by atoms with Crippen LogP contribution in [-0.2, 0) is 17.9 Å². The molecule has 0 spiro atoms. The molecule has 0 aromatic carbocycles.